The molecule has 1 aliphatic rings. The molecule has 0 unspecified atom stereocenters. The van der Waals surface area contributed by atoms with Crippen molar-refractivity contribution < 1.29 is 0 Å². The fraction of sp³-hybridized carbons (Fsp3) is 0.417. The van der Waals surface area contributed by atoms with Crippen LogP contribution in [0.4, 0.5) is 5.69 Å². The number of nitrogens with zero attached hydrogens (tertiary/aromatic N) is 4. The number of hydrogen-bond donors (Lipinski definition) is 1. The average Bonchev–Trinajstić information content (AvgIpc) is 2.99. The van der Waals surface area contributed by atoms with Crippen LogP contribution in [0.25, 0.3) is 11.4 Å². The first-order chi connectivity index (χ1) is 8.25. The third-order valence-electron chi connectivity index (χ3n) is 3.19. The monoisotopic (exact) mass is 229 g/mol. The molecule has 2 N–H and O–H groups in total. The number of tetrazole rings is 1. The molecule has 0 radical (unpaired) electrons. The topological polar surface area (TPSA) is 69.6 Å². The van der Waals surface area contributed by atoms with Crippen molar-refractivity contribution in [3.05, 3.63) is 23.8 Å². The first-order valence-corrected chi connectivity index (χ1v) is 5.87. The summed E-state index contributed by atoms with van der Waals surface area (Å²) in [5.41, 5.74) is 8.82. The van der Waals surface area contributed by atoms with Crippen LogP contribution in [0.15, 0.2) is 18.2 Å². The highest BCUT2D eigenvalue weighted by Crippen LogP contribution is 2.33. The third-order valence-corrected chi connectivity index (χ3v) is 3.19. The minimum absolute atomic E-state index is 0.733. The molecule has 0 aliphatic heterocycles. The van der Waals surface area contributed by atoms with E-state index in [0.717, 1.165) is 35.1 Å². The number of nitrogen functional groups attached to an aromatic ring is 1. The number of benzene rings is 1. The Morgan fingerprint density at radius 3 is 2.94 bits per heavy atom. The van der Waals surface area contributed by atoms with Crippen molar-refractivity contribution in [2.45, 2.75) is 26.3 Å². The van der Waals surface area contributed by atoms with Gasteiger partial charge in [-0.1, -0.05) is 12.1 Å². The largest absolute Gasteiger partial charge is 0.398 e. The molecule has 17 heavy (non-hydrogen) atoms. The van der Waals surface area contributed by atoms with Crippen LogP contribution in [-0.4, -0.2) is 20.2 Å². The molecule has 88 valence electrons. The van der Waals surface area contributed by atoms with Crippen LogP contribution in [0.5, 0.6) is 0 Å². The Morgan fingerprint density at radius 1 is 1.41 bits per heavy atom. The molecule has 3 rings (SSSR count). The maximum absolute atomic E-state index is 6.02. The van der Waals surface area contributed by atoms with Gasteiger partial charge in [0.05, 0.1) is 0 Å². The van der Waals surface area contributed by atoms with E-state index in [1.165, 1.54) is 12.8 Å². The Labute approximate surface area is 99.6 Å². The highest BCUT2D eigenvalue weighted by Gasteiger charge is 2.24. The first kappa shape index (κ1) is 10.3. The second-order valence-corrected chi connectivity index (χ2v) is 4.67. The molecule has 0 spiro atoms. The van der Waals surface area contributed by atoms with E-state index in [9.17, 15) is 0 Å². The van der Waals surface area contributed by atoms with E-state index in [2.05, 4.69) is 15.5 Å². The number of aryl methyl sites for hydroxylation is 1. The lowest BCUT2D eigenvalue weighted by Gasteiger charge is -2.09. The van der Waals surface area contributed by atoms with Crippen molar-refractivity contribution in [2.75, 3.05) is 5.73 Å². The van der Waals surface area contributed by atoms with E-state index >= 15 is 0 Å². The Balaban J connectivity index is 2.05. The van der Waals surface area contributed by atoms with Crippen molar-refractivity contribution in [3.63, 3.8) is 0 Å². The third kappa shape index (κ3) is 1.88. The van der Waals surface area contributed by atoms with Gasteiger partial charge in [0.25, 0.3) is 0 Å². The van der Waals surface area contributed by atoms with Crippen molar-refractivity contribution in [1.82, 2.24) is 20.2 Å². The van der Waals surface area contributed by atoms with E-state index in [1.54, 1.807) is 0 Å². The van der Waals surface area contributed by atoms with Gasteiger partial charge in [-0.15, -0.1) is 5.10 Å². The van der Waals surface area contributed by atoms with Gasteiger partial charge in [0, 0.05) is 17.8 Å². The van der Waals surface area contributed by atoms with Gasteiger partial charge in [-0.3, -0.25) is 0 Å². The minimum Gasteiger partial charge on any atom is -0.398 e. The molecule has 1 heterocycles. The summed E-state index contributed by atoms with van der Waals surface area (Å²) in [5.74, 6) is 1.52. The number of hydrogen-bond acceptors (Lipinski definition) is 4. The quantitative estimate of drug-likeness (QED) is 0.812. The predicted molar refractivity (Wildman–Crippen MR) is 65.1 cm³/mol. The molecular formula is C12H15N5. The maximum Gasteiger partial charge on any atom is 0.184 e. The Bertz CT molecular complexity index is 521. The highest BCUT2D eigenvalue weighted by atomic mass is 15.5. The average molecular weight is 229 g/mol. The van der Waals surface area contributed by atoms with Crippen LogP contribution in [0.2, 0.25) is 0 Å². The minimum atomic E-state index is 0.733. The van der Waals surface area contributed by atoms with Gasteiger partial charge in [-0.25, -0.2) is 4.68 Å². The SMILES string of the molecule is Cc1cccc(N)c1-c1nnnn1CC1CC1. The lowest BCUT2D eigenvalue weighted by atomic mass is 10.1. The van der Waals surface area contributed by atoms with Crippen molar-refractivity contribution >= 4 is 5.69 Å². The van der Waals surface area contributed by atoms with E-state index in [0.29, 0.717) is 0 Å². The normalized spacial score (nSPS) is 15.1. The number of aromatic nitrogens is 4. The summed E-state index contributed by atoms with van der Waals surface area (Å²) in [6, 6.07) is 5.86. The summed E-state index contributed by atoms with van der Waals surface area (Å²) in [4.78, 5) is 0. The molecule has 1 aromatic carbocycles. The molecule has 1 aromatic heterocycles. The molecule has 0 bridgehead atoms. The van der Waals surface area contributed by atoms with Gasteiger partial charge >= 0.3 is 0 Å². The van der Waals surface area contributed by atoms with Crippen molar-refractivity contribution in [1.29, 1.82) is 0 Å². The summed E-state index contributed by atoms with van der Waals surface area (Å²) >= 11 is 0. The van der Waals surface area contributed by atoms with Gasteiger partial charge in [0.1, 0.15) is 0 Å². The molecule has 1 fully saturated rings. The number of rotatable bonds is 3. The van der Waals surface area contributed by atoms with Crippen LogP contribution >= 0.6 is 0 Å². The molecule has 5 heteroatoms. The Hall–Kier alpha value is -1.91. The molecule has 0 amide bonds. The van der Waals surface area contributed by atoms with Crippen molar-refractivity contribution in [3.8, 4) is 11.4 Å². The van der Waals surface area contributed by atoms with Crippen LogP contribution in [-0.2, 0) is 6.54 Å². The molecule has 5 nitrogen and oxygen atoms in total. The van der Waals surface area contributed by atoms with Gasteiger partial charge in [0.2, 0.25) is 0 Å². The van der Waals surface area contributed by atoms with Crippen LogP contribution < -0.4 is 5.73 Å². The van der Waals surface area contributed by atoms with E-state index in [1.807, 2.05) is 29.8 Å². The molecule has 0 atom stereocenters. The standard InChI is InChI=1S/C12H15N5/c1-8-3-2-4-10(13)11(8)12-14-15-16-17(12)7-9-5-6-9/h2-4,9H,5-7,13H2,1H3. The van der Waals surface area contributed by atoms with Crippen molar-refractivity contribution in [2.24, 2.45) is 5.92 Å². The fourth-order valence-electron chi connectivity index (χ4n) is 2.05. The summed E-state index contributed by atoms with van der Waals surface area (Å²) in [6.07, 6.45) is 2.56. The summed E-state index contributed by atoms with van der Waals surface area (Å²) in [7, 11) is 0. The van der Waals surface area contributed by atoms with Gasteiger partial charge in [0.15, 0.2) is 5.82 Å². The lowest BCUT2D eigenvalue weighted by Crippen LogP contribution is -2.06. The number of anilines is 1. The zero-order valence-electron chi connectivity index (χ0n) is 9.80. The zero-order valence-corrected chi connectivity index (χ0v) is 9.80. The molecule has 1 saturated carbocycles. The molecule has 2 aromatic rings. The fourth-order valence-corrected chi connectivity index (χ4v) is 2.05. The number of nitrogens with two attached hydrogens (primary N) is 1. The summed E-state index contributed by atoms with van der Waals surface area (Å²) < 4.78 is 1.87. The first-order valence-electron chi connectivity index (χ1n) is 5.87. The molecular weight excluding hydrogens is 214 g/mol. The van der Waals surface area contributed by atoms with Gasteiger partial charge in [-0.2, -0.15) is 0 Å². The van der Waals surface area contributed by atoms with E-state index in [-0.39, 0.29) is 0 Å². The van der Waals surface area contributed by atoms with Crippen LogP contribution in [0.3, 0.4) is 0 Å². The maximum atomic E-state index is 6.02. The summed E-state index contributed by atoms with van der Waals surface area (Å²) in [6.45, 7) is 2.93. The second kappa shape index (κ2) is 3.84. The summed E-state index contributed by atoms with van der Waals surface area (Å²) in [5, 5.41) is 11.9. The smallest absolute Gasteiger partial charge is 0.184 e. The Kier molecular flexibility index (Phi) is 2.31. The predicted octanol–water partition coefficient (Wildman–Crippen LogP) is 1.64. The van der Waals surface area contributed by atoms with Crippen LogP contribution in [0.1, 0.15) is 18.4 Å². The van der Waals surface area contributed by atoms with E-state index < -0.39 is 0 Å². The molecule has 0 saturated heterocycles. The van der Waals surface area contributed by atoms with Crippen LogP contribution in [0, 0.1) is 12.8 Å². The zero-order chi connectivity index (χ0) is 11.8. The van der Waals surface area contributed by atoms with E-state index in [4.69, 9.17) is 5.73 Å². The lowest BCUT2D eigenvalue weighted by molar-refractivity contribution is 0.548. The van der Waals surface area contributed by atoms with Gasteiger partial charge in [-0.05, 0) is 47.7 Å². The highest BCUT2D eigenvalue weighted by molar-refractivity contribution is 5.74. The second-order valence-electron chi connectivity index (χ2n) is 4.67. The Morgan fingerprint density at radius 2 is 2.24 bits per heavy atom. The van der Waals surface area contributed by atoms with Gasteiger partial charge < -0.3 is 5.73 Å². The molecule has 1 aliphatic carbocycles.